The van der Waals surface area contributed by atoms with Crippen LogP contribution in [-0.2, 0) is 24.6 Å². The Hall–Kier alpha value is -1.75. The van der Waals surface area contributed by atoms with Gasteiger partial charge in [0.1, 0.15) is 10.6 Å². The predicted octanol–water partition coefficient (Wildman–Crippen LogP) is 3.74. The lowest BCUT2D eigenvalue weighted by Gasteiger charge is -2.49. The Kier molecular flexibility index (Phi) is 5.80. The molecule has 1 aliphatic carbocycles. The van der Waals surface area contributed by atoms with E-state index >= 15 is 4.39 Å². The fourth-order valence-corrected chi connectivity index (χ4v) is 8.85. The minimum atomic E-state index is -4.30. The van der Waals surface area contributed by atoms with E-state index in [0.717, 1.165) is 16.4 Å². The molecule has 32 heavy (non-hydrogen) atoms. The molecule has 2 aromatic rings. The fraction of sp³-hybridized carbons (Fsp3) is 0.429. The predicted molar refractivity (Wildman–Crippen MR) is 116 cm³/mol. The second-order valence-electron chi connectivity index (χ2n) is 8.31. The Bertz CT molecular complexity index is 1270. The van der Waals surface area contributed by atoms with Gasteiger partial charge in [-0.3, -0.25) is 0 Å². The standard InChI is InChI=1S/C21H22ClF2NO5S2/c1-25(2)32(28,29)16-9-10-21(31(26,27)15-5-3-14(22)4-6-15)13(11-16)12-30-20-18(24)8-7-17(23)19(20)21/h3-8,13,16H,9-12H2,1-2H3/t13-,16+,21+/m1/s1. The van der Waals surface area contributed by atoms with Gasteiger partial charge >= 0.3 is 0 Å². The first kappa shape index (κ1) is 23.4. The topological polar surface area (TPSA) is 80.8 Å². The van der Waals surface area contributed by atoms with Crippen LogP contribution in [0, 0.1) is 17.6 Å². The molecule has 0 bridgehead atoms. The fourth-order valence-electron chi connectivity index (χ4n) is 4.87. The molecule has 0 saturated heterocycles. The molecule has 0 unspecified atom stereocenters. The minimum Gasteiger partial charge on any atom is -0.490 e. The summed E-state index contributed by atoms with van der Waals surface area (Å²) in [6.45, 7) is -0.250. The lowest BCUT2D eigenvalue weighted by atomic mass is 9.73. The molecule has 0 amide bonds. The van der Waals surface area contributed by atoms with Gasteiger partial charge in [0.2, 0.25) is 10.0 Å². The maximum atomic E-state index is 15.2. The SMILES string of the molecule is CN(C)S(=O)(=O)[C@H]1CC[C@@]2(S(=O)(=O)c3ccc(Cl)cc3)c3c(F)ccc(F)c3OC[C@H]2C1. The number of hydrogen-bond donors (Lipinski definition) is 0. The number of nitrogens with zero attached hydrogens (tertiary/aromatic N) is 1. The highest BCUT2D eigenvalue weighted by Crippen LogP contribution is 2.57. The van der Waals surface area contributed by atoms with Gasteiger partial charge in [0.25, 0.3) is 0 Å². The number of ether oxygens (including phenoxy) is 1. The first-order valence-corrected chi connectivity index (χ1v) is 13.3. The van der Waals surface area contributed by atoms with Crippen LogP contribution in [-0.4, -0.2) is 47.1 Å². The third kappa shape index (κ3) is 3.34. The summed E-state index contributed by atoms with van der Waals surface area (Å²) >= 11 is 5.91. The van der Waals surface area contributed by atoms with E-state index in [9.17, 15) is 21.2 Å². The largest absolute Gasteiger partial charge is 0.490 e. The monoisotopic (exact) mass is 505 g/mol. The third-order valence-electron chi connectivity index (χ3n) is 6.49. The van der Waals surface area contributed by atoms with Crippen molar-refractivity contribution >= 4 is 31.5 Å². The number of benzene rings is 2. The summed E-state index contributed by atoms with van der Waals surface area (Å²) in [4.78, 5) is -0.0997. The molecule has 174 valence electrons. The lowest BCUT2D eigenvalue weighted by molar-refractivity contribution is 0.125. The second kappa shape index (κ2) is 7.93. The van der Waals surface area contributed by atoms with Gasteiger partial charge in [0.05, 0.1) is 22.3 Å². The van der Waals surface area contributed by atoms with Crippen molar-refractivity contribution in [2.75, 3.05) is 20.7 Å². The maximum Gasteiger partial charge on any atom is 0.216 e. The summed E-state index contributed by atoms with van der Waals surface area (Å²) in [6, 6.07) is 7.21. The average molecular weight is 506 g/mol. The van der Waals surface area contributed by atoms with Crippen LogP contribution in [0.4, 0.5) is 8.78 Å². The molecule has 2 aromatic carbocycles. The Morgan fingerprint density at radius 2 is 1.66 bits per heavy atom. The molecule has 11 heteroatoms. The molecule has 0 spiro atoms. The summed E-state index contributed by atoms with van der Waals surface area (Å²) in [5, 5.41) is -0.541. The molecular weight excluding hydrogens is 484 g/mol. The number of hydrogen-bond acceptors (Lipinski definition) is 5. The highest BCUT2D eigenvalue weighted by Gasteiger charge is 2.60. The van der Waals surface area contributed by atoms with Crippen molar-refractivity contribution < 1.29 is 30.4 Å². The summed E-state index contributed by atoms with van der Waals surface area (Å²) in [7, 11) is -5.17. The molecule has 3 atom stereocenters. The van der Waals surface area contributed by atoms with Crippen molar-refractivity contribution in [3.63, 3.8) is 0 Å². The van der Waals surface area contributed by atoms with Crippen LogP contribution in [0.2, 0.25) is 5.02 Å². The molecule has 4 rings (SSSR count). The van der Waals surface area contributed by atoms with Crippen LogP contribution >= 0.6 is 11.6 Å². The van der Waals surface area contributed by atoms with Gasteiger partial charge in [0.15, 0.2) is 21.4 Å². The van der Waals surface area contributed by atoms with Gasteiger partial charge in [-0.1, -0.05) is 11.6 Å². The summed E-state index contributed by atoms with van der Waals surface area (Å²) in [5.74, 6) is -3.11. The Morgan fingerprint density at radius 1 is 1.03 bits per heavy atom. The summed E-state index contributed by atoms with van der Waals surface area (Å²) in [5.41, 5.74) is -0.371. The molecule has 1 heterocycles. The van der Waals surface area contributed by atoms with E-state index < -0.39 is 53.2 Å². The van der Waals surface area contributed by atoms with Crippen molar-refractivity contribution in [3.05, 3.63) is 58.6 Å². The molecule has 2 aliphatic rings. The second-order valence-corrected chi connectivity index (χ2v) is 13.4. The number of sulfonamides is 1. The molecule has 0 N–H and O–H groups in total. The van der Waals surface area contributed by atoms with Crippen molar-refractivity contribution in [1.29, 1.82) is 0 Å². The average Bonchev–Trinajstić information content (AvgIpc) is 2.75. The van der Waals surface area contributed by atoms with Crippen LogP contribution in [0.1, 0.15) is 24.8 Å². The number of fused-ring (bicyclic) bond motifs is 3. The van der Waals surface area contributed by atoms with Gasteiger partial charge in [0, 0.05) is 25.0 Å². The molecule has 6 nitrogen and oxygen atoms in total. The Morgan fingerprint density at radius 3 is 2.28 bits per heavy atom. The molecule has 1 fully saturated rings. The lowest BCUT2D eigenvalue weighted by Crippen LogP contribution is -2.54. The normalized spacial score (nSPS) is 25.7. The Labute approximate surface area is 191 Å². The zero-order valence-electron chi connectivity index (χ0n) is 17.4. The quantitative estimate of drug-likeness (QED) is 0.632. The van der Waals surface area contributed by atoms with Gasteiger partial charge in [-0.25, -0.2) is 29.9 Å². The summed E-state index contributed by atoms with van der Waals surface area (Å²) < 4.78 is 88.1. The van der Waals surface area contributed by atoms with Gasteiger partial charge < -0.3 is 4.74 Å². The minimum absolute atomic E-state index is 0.0285. The van der Waals surface area contributed by atoms with E-state index in [4.69, 9.17) is 16.3 Å². The summed E-state index contributed by atoms with van der Waals surface area (Å²) in [6.07, 6.45) is -0.293. The van der Waals surface area contributed by atoms with E-state index in [0.29, 0.717) is 5.02 Å². The van der Waals surface area contributed by atoms with Gasteiger partial charge in [-0.2, -0.15) is 0 Å². The van der Waals surface area contributed by atoms with E-state index in [-0.39, 0.29) is 36.3 Å². The molecular formula is C21H22ClF2NO5S2. The molecule has 1 aliphatic heterocycles. The number of halogens is 3. The highest BCUT2D eigenvalue weighted by molar-refractivity contribution is 7.92. The van der Waals surface area contributed by atoms with Crippen LogP contribution < -0.4 is 4.74 Å². The van der Waals surface area contributed by atoms with Crippen LogP contribution in [0.5, 0.6) is 5.75 Å². The third-order valence-corrected chi connectivity index (χ3v) is 11.6. The van der Waals surface area contributed by atoms with E-state index in [1.54, 1.807) is 0 Å². The van der Waals surface area contributed by atoms with Crippen molar-refractivity contribution in [2.24, 2.45) is 5.92 Å². The Balaban J connectivity index is 1.95. The van der Waals surface area contributed by atoms with Crippen LogP contribution in [0.15, 0.2) is 41.3 Å². The number of sulfone groups is 1. The van der Waals surface area contributed by atoms with Gasteiger partial charge in [-0.05, 0) is 55.7 Å². The van der Waals surface area contributed by atoms with Crippen molar-refractivity contribution in [2.45, 2.75) is 34.2 Å². The van der Waals surface area contributed by atoms with Gasteiger partial charge in [-0.15, -0.1) is 0 Å². The van der Waals surface area contributed by atoms with E-state index in [1.807, 2.05) is 0 Å². The molecule has 0 aromatic heterocycles. The maximum absolute atomic E-state index is 15.2. The zero-order chi connectivity index (χ0) is 23.5. The van der Waals surface area contributed by atoms with Crippen LogP contribution in [0.25, 0.3) is 0 Å². The first-order valence-electron chi connectivity index (χ1n) is 9.95. The molecule has 0 radical (unpaired) electrons. The van der Waals surface area contributed by atoms with Crippen LogP contribution in [0.3, 0.4) is 0 Å². The highest BCUT2D eigenvalue weighted by atomic mass is 35.5. The zero-order valence-corrected chi connectivity index (χ0v) is 19.8. The smallest absolute Gasteiger partial charge is 0.216 e. The van der Waals surface area contributed by atoms with Crippen molar-refractivity contribution in [1.82, 2.24) is 4.31 Å². The van der Waals surface area contributed by atoms with Crippen molar-refractivity contribution in [3.8, 4) is 5.75 Å². The molecule has 1 saturated carbocycles. The van der Waals surface area contributed by atoms with E-state index in [2.05, 4.69) is 0 Å². The number of rotatable bonds is 4. The van der Waals surface area contributed by atoms with E-state index in [1.165, 1.54) is 38.4 Å². The first-order chi connectivity index (χ1) is 14.9.